The van der Waals surface area contributed by atoms with E-state index in [-0.39, 0.29) is 16.5 Å². The number of amides is 1. The number of carbonyl (C=O) groups excluding carboxylic acids is 1. The van der Waals surface area contributed by atoms with E-state index in [1.54, 1.807) is 0 Å². The zero-order valence-corrected chi connectivity index (χ0v) is 12.4. The van der Waals surface area contributed by atoms with Crippen molar-refractivity contribution in [2.75, 3.05) is 0 Å². The van der Waals surface area contributed by atoms with E-state index in [1.165, 1.54) is 12.1 Å². The van der Waals surface area contributed by atoms with Crippen LogP contribution in [0.3, 0.4) is 0 Å². The van der Waals surface area contributed by atoms with Crippen LogP contribution < -0.4 is 5.32 Å². The van der Waals surface area contributed by atoms with E-state index in [9.17, 15) is 19.1 Å². The van der Waals surface area contributed by atoms with E-state index < -0.39 is 23.2 Å². The number of halogens is 2. The Labute approximate surface area is 127 Å². The maximum atomic E-state index is 13.4. The second-order valence-corrected chi connectivity index (χ2v) is 5.91. The van der Waals surface area contributed by atoms with Gasteiger partial charge in [-0.25, -0.2) is 9.18 Å². The second-order valence-electron chi connectivity index (χ2n) is 5.51. The van der Waals surface area contributed by atoms with Crippen LogP contribution in [0.5, 0.6) is 0 Å². The summed E-state index contributed by atoms with van der Waals surface area (Å²) in [5, 5.41) is 12.1. The third-order valence-corrected chi connectivity index (χ3v) is 4.51. The molecule has 2 atom stereocenters. The Morgan fingerprint density at radius 1 is 1.43 bits per heavy atom. The highest BCUT2D eigenvalue weighted by Crippen LogP contribution is 2.34. The van der Waals surface area contributed by atoms with Gasteiger partial charge in [0, 0.05) is 5.56 Å². The van der Waals surface area contributed by atoms with Crippen molar-refractivity contribution in [1.29, 1.82) is 0 Å². The highest BCUT2D eigenvalue weighted by molar-refractivity contribution is 6.30. The molecule has 0 saturated heterocycles. The summed E-state index contributed by atoms with van der Waals surface area (Å²) in [5.41, 5.74) is -1.22. The number of hydrogen-bond acceptors (Lipinski definition) is 2. The number of carboxylic acid groups (broad SMARTS) is 1. The SMILES string of the molecule is CC1CCCCC1(NC(=O)c1ccc(Cl)c(F)c1)C(=O)O. The summed E-state index contributed by atoms with van der Waals surface area (Å²) in [6, 6.07) is 3.67. The molecule has 1 aliphatic carbocycles. The van der Waals surface area contributed by atoms with Gasteiger partial charge in [0.1, 0.15) is 11.4 Å². The molecule has 114 valence electrons. The zero-order chi connectivity index (χ0) is 15.6. The molecule has 0 bridgehead atoms. The van der Waals surface area contributed by atoms with Crippen LogP contribution in [-0.2, 0) is 4.79 Å². The van der Waals surface area contributed by atoms with E-state index >= 15 is 0 Å². The lowest BCUT2D eigenvalue weighted by atomic mass is 9.73. The van der Waals surface area contributed by atoms with Crippen molar-refractivity contribution in [3.8, 4) is 0 Å². The van der Waals surface area contributed by atoms with Crippen LogP contribution in [0.2, 0.25) is 5.02 Å². The topological polar surface area (TPSA) is 66.4 Å². The first kappa shape index (κ1) is 15.8. The van der Waals surface area contributed by atoms with E-state index in [1.807, 2.05) is 6.92 Å². The summed E-state index contributed by atoms with van der Waals surface area (Å²) >= 11 is 5.58. The van der Waals surface area contributed by atoms with Gasteiger partial charge in [-0.2, -0.15) is 0 Å². The summed E-state index contributed by atoms with van der Waals surface area (Å²) in [6.45, 7) is 1.82. The molecule has 0 aliphatic heterocycles. The summed E-state index contributed by atoms with van der Waals surface area (Å²) in [4.78, 5) is 23.9. The Hall–Kier alpha value is -1.62. The summed E-state index contributed by atoms with van der Waals surface area (Å²) in [7, 11) is 0. The van der Waals surface area contributed by atoms with Gasteiger partial charge in [-0.3, -0.25) is 4.79 Å². The lowest BCUT2D eigenvalue weighted by Crippen LogP contribution is -2.60. The molecule has 21 heavy (non-hydrogen) atoms. The molecule has 0 heterocycles. The first-order chi connectivity index (χ1) is 9.86. The molecule has 0 aromatic heterocycles. The highest BCUT2D eigenvalue weighted by atomic mass is 35.5. The molecule has 1 aromatic rings. The molecule has 1 amide bonds. The first-order valence-electron chi connectivity index (χ1n) is 6.88. The van der Waals surface area contributed by atoms with E-state index in [0.29, 0.717) is 6.42 Å². The van der Waals surface area contributed by atoms with Gasteiger partial charge in [0.25, 0.3) is 5.91 Å². The smallest absolute Gasteiger partial charge is 0.329 e. The molecular formula is C15H17ClFNO3. The van der Waals surface area contributed by atoms with Crippen LogP contribution >= 0.6 is 11.6 Å². The molecule has 1 fully saturated rings. The minimum atomic E-state index is -1.29. The van der Waals surface area contributed by atoms with E-state index in [4.69, 9.17) is 11.6 Å². The van der Waals surface area contributed by atoms with Crippen molar-refractivity contribution in [2.45, 2.75) is 38.1 Å². The molecule has 2 unspecified atom stereocenters. The van der Waals surface area contributed by atoms with Crippen LogP contribution in [0.15, 0.2) is 18.2 Å². The maximum Gasteiger partial charge on any atom is 0.329 e. The number of rotatable bonds is 3. The molecule has 4 nitrogen and oxygen atoms in total. The Bertz CT molecular complexity index is 578. The van der Waals surface area contributed by atoms with Crippen LogP contribution in [0, 0.1) is 11.7 Å². The number of carboxylic acids is 1. The van der Waals surface area contributed by atoms with Crippen molar-refractivity contribution in [1.82, 2.24) is 5.32 Å². The molecule has 0 radical (unpaired) electrons. The highest BCUT2D eigenvalue weighted by Gasteiger charge is 2.46. The van der Waals surface area contributed by atoms with Gasteiger partial charge in [-0.1, -0.05) is 31.4 Å². The van der Waals surface area contributed by atoms with Crippen LogP contribution in [0.4, 0.5) is 4.39 Å². The van der Waals surface area contributed by atoms with Crippen molar-refractivity contribution in [2.24, 2.45) is 5.92 Å². The molecule has 1 aliphatic rings. The Kier molecular flexibility index (Phi) is 4.52. The monoisotopic (exact) mass is 313 g/mol. The fourth-order valence-corrected chi connectivity index (χ4v) is 2.93. The van der Waals surface area contributed by atoms with Crippen LogP contribution in [-0.4, -0.2) is 22.5 Å². The average molecular weight is 314 g/mol. The zero-order valence-electron chi connectivity index (χ0n) is 11.7. The minimum absolute atomic E-state index is 0.0651. The quantitative estimate of drug-likeness (QED) is 0.900. The van der Waals surface area contributed by atoms with E-state index in [0.717, 1.165) is 25.3 Å². The molecule has 6 heteroatoms. The molecule has 2 rings (SSSR count). The molecule has 0 spiro atoms. The molecule has 1 aromatic carbocycles. The third kappa shape index (κ3) is 3.02. The predicted molar refractivity (Wildman–Crippen MR) is 76.9 cm³/mol. The Morgan fingerprint density at radius 2 is 2.14 bits per heavy atom. The fraction of sp³-hybridized carbons (Fsp3) is 0.467. The lowest BCUT2D eigenvalue weighted by Gasteiger charge is -2.39. The summed E-state index contributed by atoms with van der Waals surface area (Å²) < 4.78 is 13.4. The lowest BCUT2D eigenvalue weighted by molar-refractivity contribution is -0.148. The van der Waals surface area contributed by atoms with Crippen molar-refractivity contribution in [3.63, 3.8) is 0 Å². The molecular weight excluding hydrogens is 297 g/mol. The average Bonchev–Trinajstić information content (AvgIpc) is 2.44. The van der Waals surface area contributed by atoms with Gasteiger partial charge in [0.2, 0.25) is 0 Å². The van der Waals surface area contributed by atoms with Gasteiger partial charge in [-0.15, -0.1) is 0 Å². The predicted octanol–water partition coefficient (Wildman–Crippen LogP) is 3.24. The second kappa shape index (κ2) is 6.02. The maximum absolute atomic E-state index is 13.4. The number of carbonyl (C=O) groups is 2. The van der Waals surface area contributed by atoms with Crippen LogP contribution in [0.25, 0.3) is 0 Å². The first-order valence-corrected chi connectivity index (χ1v) is 7.25. The Morgan fingerprint density at radius 3 is 2.71 bits per heavy atom. The largest absolute Gasteiger partial charge is 0.479 e. The number of hydrogen-bond donors (Lipinski definition) is 2. The Balaban J connectivity index is 2.26. The summed E-state index contributed by atoms with van der Waals surface area (Å²) in [5.74, 6) is -2.52. The number of benzene rings is 1. The van der Waals surface area contributed by atoms with E-state index in [2.05, 4.69) is 5.32 Å². The van der Waals surface area contributed by atoms with Crippen LogP contribution in [0.1, 0.15) is 43.0 Å². The molecule has 1 saturated carbocycles. The standard InChI is InChI=1S/C15H17ClFNO3/c1-9-4-2-3-7-15(9,14(20)21)18-13(19)10-5-6-11(16)12(17)8-10/h5-6,8-9H,2-4,7H2,1H3,(H,18,19)(H,20,21). The van der Waals surface area contributed by atoms with Gasteiger partial charge >= 0.3 is 5.97 Å². The fourth-order valence-electron chi connectivity index (χ4n) is 2.82. The molecule has 2 N–H and O–H groups in total. The number of aliphatic carboxylic acids is 1. The number of nitrogens with one attached hydrogen (secondary N) is 1. The van der Waals surface area contributed by atoms with Gasteiger partial charge in [-0.05, 0) is 37.0 Å². The summed E-state index contributed by atoms with van der Waals surface area (Å²) in [6.07, 6.45) is 2.81. The third-order valence-electron chi connectivity index (χ3n) is 4.20. The minimum Gasteiger partial charge on any atom is -0.479 e. The van der Waals surface area contributed by atoms with Gasteiger partial charge in [0.05, 0.1) is 5.02 Å². The van der Waals surface area contributed by atoms with Gasteiger partial charge < -0.3 is 10.4 Å². The van der Waals surface area contributed by atoms with Crippen molar-refractivity contribution < 1.29 is 19.1 Å². The van der Waals surface area contributed by atoms with Crippen molar-refractivity contribution in [3.05, 3.63) is 34.6 Å². The van der Waals surface area contributed by atoms with Gasteiger partial charge in [0.15, 0.2) is 0 Å². The van der Waals surface area contributed by atoms with Crippen molar-refractivity contribution >= 4 is 23.5 Å². The normalized spacial score (nSPS) is 25.4.